The topological polar surface area (TPSA) is 76.2 Å². The first-order chi connectivity index (χ1) is 6.60. The number of halogens is 1. The van der Waals surface area contributed by atoms with Crippen molar-refractivity contribution in [3.05, 3.63) is 33.6 Å². The van der Waals surface area contributed by atoms with E-state index in [1.54, 1.807) is 6.07 Å². The maximum atomic E-state index is 13.2. The van der Waals surface area contributed by atoms with E-state index in [0.717, 1.165) is 12.1 Å². The van der Waals surface area contributed by atoms with E-state index >= 15 is 0 Å². The van der Waals surface area contributed by atoms with Gasteiger partial charge in [0, 0.05) is 12.1 Å². The molecule has 0 saturated carbocycles. The van der Waals surface area contributed by atoms with Gasteiger partial charge < -0.3 is 4.74 Å². The summed E-state index contributed by atoms with van der Waals surface area (Å²) in [5.41, 5.74) is -0.782. The lowest BCUT2D eigenvalue weighted by molar-refractivity contribution is -0.387. The van der Waals surface area contributed by atoms with E-state index in [2.05, 4.69) is 4.74 Å². The van der Waals surface area contributed by atoms with Gasteiger partial charge in [-0.1, -0.05) is 0 Å². The van der Waals surface area contributed by atoms with Crippen molar-refractivity contribution in [3.8, 4) is 11.8 Å². The molecule has 1 rings (SSSR count). The molecule has 0 spiro atoms. The second-order valence-corrected chi connectivity index (χ2v) is 2.38. The van der Waals surface area contributed by atoms with Crippen LogP contribution < -0.4 is 4.74 Å². The highest BCUT2D eigenvalue weighted by Gasteiger charge is 2.20. The number of nitriles is 1. The Morgan fingerprint density at radius 3 is 2.71 bits per heavy atom. The summed E-state index contributed by atoms with van der Waals surface area (Å²) < 4.78 is 17.7. The van der Waals surface area contributed by atoms with E-state index in [0.29, 0.717) is 0 Å². The third-order valence-corrected chi connectivity index (χ3v) is 1.57. The van der Waals surface area contributed by atoms with Gasteiger partial charge in [0.1, 0.15) is 0 Å². The summed E-state index contributed by atoms with van der Waals surface area (Å²) >= 11 is 0. The van der Waals surface area contributed by atoms with Crippen LogP contribution in [0.3, 0.4) is 0 Å². The average molecular weight is 196 g/mol. The summed E-state index contributed by atoms with van der Waals surface area (Å²) in [7, 11) is 1.17. The van der Waals surface area contributed by atoms with Gasteiger partial charge in [-0.05, 0) is 0 Å². The van der Waals surface area contributed by atoms with Crippen LogP contribution in [0, 0.1) is 27.3 Å². The minimum absolute atomic E-state index is 0.0186. The van der Waals surface area contributed by atoms with Crippen LogP contribution >= 0.6 is 0 Å². The Kier molecular flexibility index (Phi) is 2.62. The molecule has 1 aromatic rings. The lowest BCUT2D eigenvalue weighted by Crippen LogP contribution is -1.97. The Balaban J connectivity index is 3.44. The van der Waals surface area contributed by atoms with Crippen LogP contribution in [0.25, 0.3) is 0 Å². The van der Waals surface area contributed by atoms with E-state index in [9.17, 15) is 14.5 Å². The lowest BCUT2D eigenvalue weighted by Gasteiger charge is -2.01. The smallest absolute Gasteiger partial charge is 0.310 e. The van der Waals surface area contributed by atoms with Crippen LogP contribution in [0.4, 0.5) is 10.1 Å². The zero-order chi connectivity index (χ0) is 10.7. The molecule has 0 amide bonds. The Bertz CT molecular complexity index is 425. The third-order valence-electron chi connectivity index (χ3n) is 1.57. The van der Waals surface area contributed by atoms with Gasteiger partial charge in [0.15, 0.2) is 5.75 Å². The van der Waals surface area contributed by atoms with Crippen LogP contribution in [-0.2, 0) is 0 Å². The number of rotatable bonds is 2. The van der Waals surface area contributed by atoms with Crippen LogP contribution in [0.15, 0.2) is 12.1 Å². The molecule has 6 heteroatoms. The molecule has 0 unspecified atom stereocenters. The summed E-state index contributed by atoms with van der Waals surface area (Å²) in [4.78, 5) is 9.45. The average Bonchev–Trinajstić information content (AvgIpc) is 2.17. The summed E-state index contributed by atoms with van der Waals surface area (Å²) in [6.07, 6.45) is 0. The first kappa shape index (κ1) is 9.92. The number of nitro groups is 1. The van der Waals surface area contributed by atoms with E-state index < -0.39 is 16.4 Å². The van der Waals surface area contributed by atoms with Gasteiger partial charge in [0.2, 0.25) is 5.82 Å². The standard InChI is InChI=1S/C8H5FN2O3/c1-14-7-3-5(4-10)2-6(8(7)9)11(12)13/h2-3H,1H3. The summed E-state index contributed by atoms with van der Waals surface area (Å²) in [6.45, 7) is 0. The quantitative estimate of drug-likeness (QED) is 0.531. The molecule has 0 heterocycles. The Morgan fingerprint density at radius 2 is 2.29 bits per heavy atom. The lowest BCUT2D eigenvalue weighted by atomic mass is 10.2. The fraction of sp³-hybridized carbons (Fsp3) is 0.125. The van der Waals surface area contributed by atoms with Gasteiger partial charge >= 0.3 is 5.69 Å². The van der Waals surface area contributed by atoms with Gasteiger partial charge in [-0.15, -0.1) is 0 Å². The summed E-state index contributed by atoms with van der Waals surface area (Å²) in [6, 6.07) is 3.63. The van der Waals surface area contributed by atoms with E-state index in [1.165, 1.54) is 7.11 Å². The van der Waals surface area contributed by atoms with Gasteiger partial charge in [0.25, 0.3) is 0 Å². The van der Waals surface area contributed by atoms with Crippen molar-refractivity contribution < 1.29 is 14.1 Å². The van der Waals surface area contributed by atoms with Crippen molar-refractivity contribution in [2.24, 2.45) is 0 Å². The zero-order valence-corrected chi connectivity index (χ0v) is 7.15. The number of hydrogen-bond donors (Lipinski definition) is 0. The molecule has 0 atom stereocenters. The highest BCUT2D eigenvalue weighted by atomic mass is 19.1. The monoisotopic (exact) mass is 196 g/mol. The van der Waals surface area contributed by atoms with Crippen LogP contribution in [0.2, 0.25) is 0 Å². The number of ether oxygens (including phenoxy) is 1. The molecule has 14 heavy (non-hydrogen) atoms. The van der Waals surface area contributed by atoms with Crippen molar-refractivity contribution in [2.75, 3.05) is 7.11 Å². The fourth-order valence-corrected chi connectivity index (χ4v) is 0.929. The second-order valence-electron chi connectivity index (χ2n) is 2.38. The minimum Gasteiger partial charge on any atom is -0.493 e. The molecule has 0 saturated heterocycles. The number of hydrogen-bond acceptors (Lipinski definition) is 4. The molecule has 0 aliphatic rings. The molecule has 72 valence electrons. The molecular weight excluding hydrogens is 191 g/mol. The van der Waals surface area contributed by atoms with Gasteiger partial charge in [0.05, 0.1) is 23.7 Å². The van der Waals surface area contributed by atoms with Crippen molar-refractivity contribution in [2.45, 2.75) is 0 Å². The number of benzene rings is 1. The Labute approximate surface area is 78.5 Å². The van der Waals surface area contributed by atoms with Crippen molar-refractivity contribution in [1.29, 1.82) is 5.26 Å². The molecule has 5 nitrogen and oxygen atoms in total. The predicted molar refractivity (Wildman–Crippen MR) is 44.3 cm³/mol. The van der Waals surface area contributed by atoms with E-state index in [-0.39, 0.29) is 11.3 Å². The highest BCUT2D eigenvalue weighted by Crippen LogP contribution is 2.27. The molecular formula is C8H5FN2O3. The summed E-state index contributed by atoms with van der Waals surface area (Å²) in [5, 5.41) is 18.9. The molecule has 0 radical (unpaired) electrons. The van der Waals surface area contributed by atoms with Crippen molar-refractivity contribution in [1.82, 2.24) is 0 Å². The maximum absolute atomic E-state index is 13.2. The predicted octanol–water partition coefficient (Wildman–Crippen LogP) is 1.61. The normalized spacial score (nSPS) is 9.21. The van der Waals surface area contributed by atoms with Crippen molar-refractivity contribution >= 4 is 5.69 Å². The molecule has 0 aliphatic heterocycles. The largest absolute Gasteiger partial charge is 0.493 e. The van der Waals surface area contributed by atoms with Crippen LogP contribution in [0.1, 0.15) is 5.56 Å². The van der Waals surface area contributed by atoms with E-state index in [4.69, 9.17) is 5.26 Å². The molecule has 0 aliphatic carbocycles. The number of methoxy groups -OCH3 is 1. The Morgan fingerprint density at radius 1 is 1.64 bits per heavy atom. The Hall–Kier alpha value is -2.16. The number of nitro benzene ring substituents is 1. The first-order valence-corrected chi connectivity index (χ1v) is 3.52. The molecule has 0 bridgehead atoms. The fourth-order valence-electron chi connectivity index (χ4n) is 0.929. The number of nitrogens with zero attached hydrogens (tertiary/aromatic N) is 2. The molecule has 0 aromatic heterocycles. The van der Waals surface area contributed by atoms with Crippen LogP contribution in [0.5, 0.6) is 5.75 Å². The molecule has 0 fully saturated rings. The third kappa shape index (κ3) is 1.61. The maximum Gasteiger partial charge on any atom is 0.310 e. The van der Waals surface area contributed by atoms with Gasteiger partial charge in [-0.3, -0.25) is 10.1 Å². The van der Waals surface area contributed by atoms with Crippen molar-refractivity contribution in [3.63, 3.8) is 0 Å². The van der Waals surface area contributed by atoms with Gasteiger partial charge in [-0.2, -0.15) is 9.65 Å². The highest BCUT2D eigenvalue weighted by molar-refractivity contribution is 5.48. The molecule has 0 N–H and O–H groups in total. The SMILES string of the molecule is COc1cc(C#N)cc([N+](=O)[O-])c1F. The minimum atomic E-state index is -1.07. The molecule has 1 aromatic carbocycles. The van der Waals surface area contributed by atoms with Crippen LogP contribution in [-0.4, -0.2) is 12.0 Å². The van der Waals surface area contributed by atoms with E-state index in [1.807, 2.05) is 0 Å². The summed E-state index contributed by atoms with van der Waals surface area (Å²) in [5.74, 6) is -1.38. The zero-order valence-electron chi connectivity index (χ0n) is 7.15. The van der Waals surface area contributed by atoms with Gasteiger partial charge in [-0.25, -0.2) is 0 Å². The second kappa shape index (κ2) is 3.70. The first-order valence-electron chi connectivity index (χ1n) is 3.52.